The minimum absolute atomic E-state index is 0.0760. The summed E-state index contributed by atoms with van der Waals surface area (Å²) in [7, 11) is -2.94. The predicted molar refractivity (Wildman–Crippen MR) is 65.5 cm³/mol. The first-order valence-electron chi connectivity index (χ1n) is 6.24. The van der Waals surface area contributed by atoms with Crippen LogP contribution in [0.1, 0.15) is 26.2 Å². The Bertz CT molecular complexity index is 388. The highest BCUT2D eigenvalue weighted by molar-refractivity contribution is 7.91. The van der Waals surface area contributed by atoms with Crippen LogP contribution in [0, 0.1) is 0 Å². The van der Waals surface area contributed by atoms with E-state index in [1.807, 2.05) is 6.92 Å². The third kappa shape index (κ3) is 2.98. The monoisotopic (exact) mass is 260 g/mol. The number of rotatable bonds is 1. The fourth-order valence-electron chi connectivity index (χ4n) is 2.59. The molecule has 17 heavy (non-hydrogen) atoms. The molecule has 1 N–H and O–H groups in total. The molecule has 0 aromatic carbocycles. The highest BCUT2D eigenvalue weighted by atomic mass is 32.2. The Hall–Kier alpha value is -0.620. The van der Waals surface area contributed by atoms with E-state index in [4.69, 9.17) is 0 Å². The second-order valence-electron chi connectivity index (χ2n) is 5.00. The zero-order valence-electron chi connectivity index (χ0n) is 10.2. The van der Waals surface area contributed by atoms with Gasteiger partial charge in [-0.3, -0.25) is 4.79 Å². The summed E-state index contributed by atoms with van der Waals surface area (Å²) < 4.78 is 22.9. The van der Waals surface area contributed by atoms with Gasteiger partial charge in [0.25, 0.3) is 0 Å². The Balaban J connectivity index is 2.00. The average Bonchev–Trinajstić information content (AvgIpc) is 2.28. The molecule has 2 fully saturated rings. The largest absolute Gasteiger partial charge is 0.337 e. The van der Waals surface area contributed by atoms with E-state index in [2.05, 4.69) is 5.32 Å². The van der Waals surface area contributed by atoms with Crippen molar-refractivity contribution in [2.24, 2.45) is 0 Å². The minimum atomic E-state index is -2.94. The smallest absolute Gasteiger partial charge is 0.240 e. The van der Waals surface area contributed by atoms with Crippen LogP contribution in [0.4, 0.5) is 0 Å². The summed E-state index contributed by atoms with van der Waals surface area (Å²) in [6.45, 7) is 3.05. The van der Waals surface area contributed by atoms with Crippen molar-refractivity contribution < 1.29 is 13.2 Å². The molecule has 2 aliphatic heterocycles. The molecule has 2 saturated heterocycles. The lowest BCUT2D eigenvalue weighted by molar-refractivity contribution is -0.135. The fourth-order valence-corrected chi connectivity index (χ4v) is 4.15. The van der Waals surface area contributed by atoms with Gasteiger partial charge in [0, 0.05) is 12.6 Å². The lowest BCUT2D eigenvalue weighted by Gasteiger charge is -2.36. The zero-order valence-corrected chi connectivity index (χ0v) is 11.0. The molecule has 6 heteroatoms. The Kier molecular flexibility index (Phi) is 3.73. The summed E-state index contributed by atoms with van der Waals surface area (Å²) >= 11 is 0. The number of sulfone groups is 1. The lowest BCUT2D eigenvalue weighted by Crippen LogP contribution is -2.56. The molecular weight excluding hydrogens is 240 g/mol. The summed E-state index contributed by atoms with van der Waals surface area (Å²) in [4.78, 5) is 14.0. The maximum Gasteiger partial charge on any atom is 0.240 e. The van der Waals surface area contributed by atoms with Gasteiger partial charge in [-0.15, -0.1) is 0 Å². The Labute approximate surface area is 102 Å². The van der Waals surface area contributed by atoms with Crippen molar-refractivity contribution in [2.45, 2.75) is 38.3 Å². The van der Waals surface area contributed by atoms with E-state index in [0.717, 1.165) is 25.8 Å². The van der Waals surface area contributed by atoms with Crippen LogP contribution < -0.4 is 5.32 Å². The molecule has 98 valence electrons. The second kappa shape index (κ2) is 4.94. The number of hydrogen-bond donors (Lipinski definition) is 1. The van der Waals surface area contributed by atoms with E-state index in [-0.39, 0.29) is 29.5 Å². The molecule has 0 spiro atoms. The first-order chi connectivity index (χ1) is 7.99. The van der Waals surface area contributed by atoms with Gasteiger partial charge < -0.3 is 10.2 Å². The Morgan fingerprint density at radius 2 is 2.12 bits per heavy atom. The molecule has 2 aliphatic rings. The summed E-state index contributed by atoms with van der Waals surface area (Å²) in [5.74, 6) is 0.286. The van der Waals surface area contributed by atoms with Gasteiger partial charge in [0.05, 0.1) is 17.5 Å². The van der Waals surface area contributed by atoms with Crippen LogP contribution in [0.5, 0.6) is 0 Å². The first-order valence-corrected chi connectivity index (χ1v) is 8.06. The van der Waals surface area contributed by atoms with Gasteiger partial charge in [0.2, 0.25) is 5.91 Å². The highest BCUT2D eigenvalue weighted by Gasteiger charge is 2.34. The molecule has 2 heterocycles. The third-order valence-electron chi connectivity index (χ3n) is 3.56. The number of hydrogen-bond acceptors (Lipinski definition) is 4. The van der Waals surface area contributed by atoms with E-state index in [0.29, 0.717) is 6.54 Å². The standard InChI is InChI=1S/C11H20N2O3S/c1-9-8-17(15,16)7-6-13(9)11(14)10-4-2-3-5-12-10/h9-10,12H,2-8H2,1H3/t9?,10-/m1/s1. The van der Waals surface area contributed by atoms with Crippen molar-refractivity contribution in [3.63, 3.8) is 0 Å². The summed E-state index contributed by atoms with van der Waals surface area (Å²) in [5, 5.41) is 3.22. The van der Waals surface area contributed by atoms with Crippen LogP contribution in [0.3, 0.4) is 0 Å². The van der Waals surface area contributed by atoms with E-state index in [1.165, 1.54) is 0 Å². The van der Waals surface area contributed by atoms with Crippen molar-refractivity contribution in [3.8, 4) is 0 Å². The van der Waals surface area contributed by atoms with Gasteiger partial charge in [-0.1, -0.05) is 6.42 Å². The molecule has 0 aromatic heterocycles. The quantitative estimate of drug-likeness (QED) is 0.707. The molecule has 1 unspecified atom stereocenters. The van der Waals surface area contributed by atoms with E-state index < -0.39 is 9.84 Å². The van der Waals surface area contributed by atoms with Crippen molar-refractivity contribution in [3.05, 3.63) is 0 Å². The second-order valence-corrected chi connectivity index (χ2v) is 7.23. The maximum atomic E-state index is 12.2. The summed E-state index contributed by atoms with van der Waals surface area (Å²) in [6.07, 6.45) is 3.06. The number of carbonyl (C=O) groups is 1. The van der Waals surface area contributed by atoms with Crippen molar-refractivity contribution in [1.82, 2.24) is 10.2 Å². The van der Waals surface area contributed by atoms with E-state index in [9.17, 15) is 13.2 Å². The molecule has 0 aliphatic carbocycles. The number of piperidine rings is 1. The van der Waals surface area contributed by atoms with E-state index >= 15 is 0 Å². The van der Waals surface area contributed by atoms with Crippen molar-refractivity contribution in [2.75, 3.05) is 24.6 Å². The van der Waals surface area contributed by atoms with Crippen molar-refractivity contribution >= 4 is 15.7 Å². The number of amides is 1. The van der Waals surface area contributed by atoms with Gasteiger partial charge in [-0.05, 0) is 26.3 Å². The molecular formula is C11H20N2O3S. The molecule has 0 aromatic rings. The minimum Gasteiger partial charge on any atom is -0.337 e. The summed E-state index contributed by atoms with van der Waals surface area (Å²) in [5.41, 5.74) is 0. The molecule has 0 radical (unpaired) electrons. The van der Waals surface area contributed by atoms with Gasteiger partial charge in [-0.25, -0.2) is 8.42 Å². The normalized spacial score (nSPS) is 33.4. The number of carbonyl (C=O) groups excluding carboxylic acids is 1. The fraction of sp³-hybridized carbons (Fsp3) is 0.909. The van der Waals surface area contributed by atoms with Gasteiger partial charge in [0.15, 0.2) is 9.84 Å². The molecule has 2 atom stereocenters. The van der Waals surface area contributed by atoms with Crippen LogP contribution in [0.15, 0.2) is 0 Å². The van der Waals surface area contributed by atoms with Crippen LogP contribution in [-0.4, -0.2) is 55.9 Å². The van der Waals surface area contributed by atoms with E-state index in [1.54, 1.807) is 4.90 Å². The zero-order chi connectivity index (χ0) is 12.5. The first kappa shape index (κ1) is 12.8. The SMILES string of the molecule is CC1CS(=O)(=O)CCN1C(=O)[C@H]1CCCCN1. The average molecular weight is 260 g/mol. The maximum absolute atomic E-state index is 12.2. The van der Waals surface area contributed by atoms with Gasteiger partial charge >= 0.3 is 0 Å². The topological polar surface area (TPSA) is 66.5 Å². The molecule has 0 saturated carbocycles. The van der Waals surface area contributed by atoms with Crippen LogP contribution in [-0.2, 0) is 14.6 Å². The lowest BCUT2D eigenvalue weighted by atomic mass is 10.0. The molecule has 0 bridgehead atoms. The Morgan fingerprint density at radius 3 is 2.71 bits per heavy atom. The van der Waals surface area contributed by atoms with Crippen LogP contribution >= 0.6 is 0 Å². The van der Waals surface area contributed by atoms with Crippen LogP contribution in [0.25, 0.3) is 0 Å². The number of nitrogens with one attached hydrogen (secondary N) is 1. The molecule has 1 amide bonds. The Morgan fingerprint density at radius 1 is 1.35 bits per heavy atom. The third-order valence-corrected chi connectivity index (χ3v) is 5.36. The van der Waals surface area contributed by atoms with Gasteiger partial charge in [0.1, 0.15) is 0 Å². The highest BCUT2D eigenvalue weighted by Crippen LogP contribution is 2.16. The number of nitrogens with zero attached hydrogens (tertiary/aromatic N) is 1. The van der Waals surface area contributed by atoms with Gasteiger partial charge in [-0.2, -0.15) is 0 Å². The molecule has 5 nitrogen and oxygen atoms in total. The summed E-state index contributed by atoms with van der Waals surface area (Å²) in [6, 6.07) is -0.294. The molecule has 2 rings (SSSR count). The predicted octanol–water partition coefficient (Wildman–Crippen LogP) is -0.226. The van der Waals surface area contributed by atoms with Crippen molar-refractivity contribution in [1.29, 1.82) is 0 Å². The van der Waals surface area contributed by atoms with Crippen LogP contribution in [0.2, 0.25) is 0 Å².